The van der Waals surface area contributed by atoms with E-state index < -0.39 is 11.8 Å². The van der Waals surface area contributed by atoms with E-state index in [-0.39, 0.29) is 12.0 Å². The number of amides is 1. The van der Waals surface area contributed by atoms with Gasteiger partial charge >= 0.3 is 11.8 Å². The van der Waals surface area contributed by atoms with Gasteiger partial charge in [0, 0.05) is 38.8 Å². The first-order valence-electron chi connectivity index (χ1n) is 13.0. The molecule has 0 aliphatic carbocycles. The molecule has 0 unspecified atom stereocenters. The maximum atomic E-state index is 13.8. The van der Waals surface area contributed by atoms with Crippen LogP contribution >= 0.6 is 11.6 Å². The molecule has 2 saturated heterocycles. The van der Waals surface area contributed by atoms with Crippen LogP contribution in [-0.4, -0.2) is 69.4 Å². The molecule has 2 fully saturated rings. The summed E-state index contributed by atoms with van der Waals surface area (Å²) in [6.45, 7) is 8.96. The molecule has 2 aromatic heterocycles. The molecule has 2 aliphatic rings. The van der Waals surface area contributed by atoms with Gasteiger partial charge in [-0.05, 0) is 49.8 Å². The second-order valence-electron chi connectivity index (χ2n) is 10.3. The van der Waals surface area contributed by atoms with Gasteiger partial charge in [-0.3, -0.25) is 0 Å². The van der Waals surface area contributed by atoms with Crippen molar-refractivity contribution in [3.8, 4) is 5.69 Å². The van der Waals surface area contributed by atoms with E-state index in [1.807, 2.05) is 42.2 Å². The zero-order chi connectivity index (χ0) is 26.3. The van der Waals surface area contributed by atoms with Crippen molar-refractivity contribution < 1.29 is 9.90 Å². The summed E-state index contributed by atoms with van der Waals surface area (Å²) in [5, 5.41) is 10.7. The van der Waals surface area contributed by atoms with Crippen LogP contribution in [0.1, 0.15) is 51.5 Å². The van der Waals surface area contributed by atoms with Gasteiger partial charge in [0.05, 0.1) is 16.1 Å². The van der Waals surface area contributed by atoms with Crippen molar-refractivity contribution in [2.24, 2.45) is 0 Å². The Morgan fingerprint density at radius 3 is 2.46 bits per heavy atom. The summed E-state index contributed by atoms with van der Waals surface area (Å²) in [5.41, 5.74) is 1.89. The van der Waals surface area contributed by atoms with E-state index in [2.05, 4.69) is 23.7 Å². The average molecular weight is 525 g/mol. The summed E-state index contributed by atoms with van der Waals surface area (Å²) in [6.07, 6.45) is 2.39. The molecule has 0 radical (unpaired) electrons. The number of hydrogen-bond acceptors (Lipinski definition) is 6. The van der Waals surface area contributed by atoms with Crippen LogP contribution in [0, 0.1) is 0 Å². The van der Waals surface area contributed by atoms with Crippen LogP contribution in [-0.2, 0) is 0 Å². The number of piperidine rings is 1. The predicted octanol–water partition coefficient (Wildman–Crippen LogP) is 4.74. The number of pyridine rings is 1. The van der Waals surface area contributed by atoms with Crippen LogP contribution in [0.15, 0.2) is 35.1 Å². The molecule has 4 heterocycles. The van der Waals surface area contributed by atoms with Crippen molar-refractivity contribution >= 4 is 40.4 Å². The molecule has 10 heteroatoms. The first-order chi connectivity index (χ1) is 17.8. The van der Waals surface area contributed by atoms with Crippen LogP contribution in [0.3, 0.4) is 0 Å². The summed E-state index contributed by atoms with van der Waals surface area (Å²) >= 11 is 6.84. The number of rotatable bonds is 4. The van der Waals surface area contributed by atoms with Gasteiger partial charge in [-0.1, -0.05) is 43.6 Å². The highest BCUT2D eigenvalue weighted by atomic mass is 35.5. The summed E-state index contributed by atoms with van der Waals surface area (Å²) in [5.74, 6) is 1.37. The lowest BCUT2D eigenvalue weighted by Gasteiger charge is -2.39. The fourth-order valence-electron chi connectivity index (χ4n) is 5.49. The van der Waals surface area contributed by atoms with Crippen molar-refractivity contribution in [2.75, 3.05) is 42.5 Å². The highest BCUT2D eigenvalue weighted by Gasteiger charge is 2.31. The molecule has 196 valence electrons. The molecule has 37 heavy (non-hydrogen) atoms. The molecular formula is C27H33ClN6O3. The van der Waals surface area contributed by atoms with E-state index >= 15 is 0 Å². The Morgan fingerprint density at radius 1 is 1.05 bits per heavy atom. The fraction of sp³-hybridized carbons (Fsp3) is 0.481. The molecule has 2 aliphatic heterocycles. The predicted molar refractivity (Wildman–Crippen MR) is 147 cm³/mol. The summed E-state index contributed by atoms with van der Waals surface area (Å²) in [4.78, 5) is 40.5. The lowest BCUT2D eigenvalue weighted by atomic mass is 10.0. The monoisotopic (exact) mass is 524 g/mol. The van der Waals surface area contributed by atoms with Crippen molar-refractivity contribution in [2.45, 2.75) is 52.0 Å². The Morgan fingerprint density at radius 2 is 1.78 bits per heavy atom. The van der Waals surface area contributed by atoms with Crippen molar-refractivity contribution in [1.29, 1.82) is 0 Å². The largest absolute Gasteiger partial charge is 0.465 e. The quantitative estimate of drug-likeness (QED) is 0.527. The van der Waals surface area contributed by atoms with E-state index in [4.69, 9.17) is 16.6 Å². The number of carbonyl (C=O) groups is 1. The number of hydrogen-bond donors (Lipinski definition) is 1. The molecule has 0 saturated carbocycles. The number of halogens is 1. The number of fused-ring (bicyclic) bond motifs is 1. The van der Waals surface area contributed by atoms with Gasteiger partial charge in [0.15, 0.2) is 5.65 Å². The molecule has 0 spiro atoms. The zero-order valence-electron chi connectivity index (χ0n) is 21.5. The summed E-state index contributed by atoms with van der Waals surface area (Å²) < 4.78 is 1.61. The van der Waals surface area contributed by atoms with Gasteiger partial charge in [-0.15, -0.1) is 0 Å². The van der Waals surface area contributed by atoms with Crippen LogP contribution in [0.4, 0.5) is 16.4 Å². The smallest absolute Gasteiger partial charge is 0.407 e. The molecule has 5 rings (SSSR count). The Balaban J connectivity index is 1.74. The minimum Gasteiger partial charge on any atom is -0.465 e. The maximum Gasteiger partial charge on any atom is 0.407 e. The van der Waals surface area contributed by atoms with Gasteiger partial charge in [-0.2, -0.15) is 4.98 Å². The number of anilines is 2. The lowest BCUT2D eigenvalue weighted by molar-refractivity contribution is 0.136. The lowest BCUT2D eigenvalue weighted by Crippen LogP contribution is -2.54. The van der Waals surface area contributed by atoms with Crippen LogP contribution in [0.5, 0.6) is 0 Å². The van der Waals surface area contributed by atoms with E-state index in [0.717, 1.165) is 37.2 Å². The number of benzene rings is 1. The number of carboxylic acid groups (broad SMARTS) is 1. The highest BCUT2D eigenvalue weighted by Crippen LogP contribution is 2.35. The topological polar surface area (TPSA) is 94.8 Å². The van der Waals surface area contributed by atoms with Crippen molar-refractivity contribution in [1.82, 2.24) is 19.4 Å². The molecule has 1 aromatic carbocycles. The van der Waals surface area contributed by atoms with Gasteiger partial charge in [0.1, 0.15) is 11.6 Å². The van der Waals surface area contributed by atoms with Crippen LogP contribution in [0.2, 0.25) is 5.02 Å². The second kappa shape index (κ2) is 10.2. The second-order valence-corrected chi connectivity index (χ2v) is 10.7. The van der Waals surface area contributed by atoms with E-state index in [1.54, 1.807) is 4.57 Å². The first-order valence-corrected chi connectivity index (χ1v) is 13.4. The number of para-hydroxylation sites is 1. The SMILES string of the molecule is CC(C)c1ccccc1-n1c(=O)nc(N2CCN(C(=O)O)C[C@@H]2C)c2cc(Cl)c(N3CCCCC3)nc21. The third kappa shape index (κ3) is 4.72. The van der Waals surface area contributed by atoms with Crippen molar-refractivity contribution in [3.05, 3.63) is 51.4 Å². The Bertz CT molecular complexity index is 1380. The molecule has 1 amide bonds. The van der Waals surface area contributed by atoms with Gasteiger partial charge in [0.25, 0.3) is 0 Å². The minimum absolute atomic E-state index is 0.167. The zero-order valence-corrected chi connectivity index (χ0v) is 22.3. The molecule has 0 bridgehead atoms. The molecule has 1 atom stereocenters. The summed E-state index contributed by atoms with van der Waals surface area (Å²) in [6, 6.07) is 9.56. The normalized spacial score (nSPS) is 18.6. The third-order valence-electron chi connectivity index (χ3n) is 7.41. The van der Waals surface area contributed by atoms with Gasteiger partial charge in [0.2, 0.25) is 0 Å². The van der Waals surface area contributed by atoms with E-state index in [1.165, 1.54) is 11.3 Å². The molecule has 9 nitrogen and oxygen atoms in total. The number of nitrogens with zero attached hydrogens (tertiary/aromatic N) is 6. The van der Waals surface area contributed by atoms with E-state index in [0.29, 0.717) is 47.3 Å². The van der Waals surface area contributed by atoms with Crippen molar-refractivity contribution in [3.63, 3.8) is 0 Å². The standard InChI is InChI=1S/C27H33ClN6O3/c1-17(2)19-9-5-6-10-22(19)34-24-20(15-21(28)25(29-24)31-11-7-4-8-12-31)23(30-26(34)35)33-14-13-32(27(36)37)16-18(33)3/h5-6,9-10,15,17-18H,4,7-8,11-14,16H2,1-3H3,(H,36,37)/t18-/m0/s1. The van der Waals surface area contributed by atoms with Crippen LogP contribution < -0.4 is 15.5 Å². The highest BCUT2D eigenvalue weighted by molar-refractivity contribution is 6.33. The summed E-state index contributed by atoms with van der Waals surface area (Å²) in [7, 11) is 0. The Kier molecular flexibility index (Phi) is 6.98. The van der Waals surface area contributed by atoms with Gasteiger partial charge in [-0.25, -0.2) is 19.1 Å². The molecular weight excluding hydrogens is 492 g/mol. The van der Waals surface area contributed by atoms with Gasteiger partial charge < -0.3 is 19.8 Å². The van der Waals surface area contributed by atoms with E-state index in [9.17, 15) is 14.7 Å². The minimum atomic E-state index is -0.944. The Hall–Kier alpha value is -3.33. The number of piperazine rings is 1. The first kappa shape index (κ1) is 25.3. The molecule has 3 aromatic rings. The number of aromatic nitrogens is 3. The molecule has 1 N–H and O–H groups in total. The maximum absolute atomic E-state index is 13.8. The van der Waals surface area contributed by atoms with Crippen LogP contribution in [0.25, 0.3) is 16.7 Å². The fourth-order valence-corrected chi connectivity index (χ4v) is 5.76. The Labute approximate surface area is 221 Å². The third-order valence-corrected chi connectivity index (χ3v) is 7.69. The average Bonchev–Trinajstić information content (AvgIpc) is 2.88.